The Balaban J connectivity index is 1.43. The molecule has 0 saturated carbocycles. The largest absolute Gasteiger partial charge is 0.335 e. The molecule has 0 unspecified atom stereocenters. The summed E-state index contributed by atoms with van der Waals surface area (Å²) in [5.41, 5.74) is 3.80. The average molecular weight is 466 g/mol. The highest BCUT2D eigenvalue weighted by atomic mass is 32.2. The Morgan fingerprint density at radius 3 is 2.36 bits per heavy atom. The molecule has 0 aromatic heterocycles. The van der Waals surface area contributed by atoms with Crippen molar-refractivity contribution in [2.45, 2.75) is 30.6 Å². The number of aryl methyl sites for hydroxylation is 1. The SMILES string of the molecule is C=C(/C=C(C)/C=C1/Sc2c(ccc3ccccc23)N1CC)Sc1c(C)ccc2ccccc12. The van der Waals surface area contributed by atoms with Crippen LogP contribution in [0.5, 0.6) is 0 Å². The lowest BCUT2D eigenvalue weighted by Gasteiger charge is -2.18. The second kappa shape index (κ2) is 9.17. The van der Waals surface area contributed by atoms with Crippen molar-refractivity contribution in [3.63, 3.8) is 0 Å². The van der Waals surface area contributed by atoms with Gasteiger partial charge >= 0.3 is 0 Å². The van der Waals surface area contributed by atoms with Crippen LogP contribution >= 0.6 is 23.5 Å². The summed E-state index contributed by atoms with van der Waals surface area (Å²) in [7, 11) is 0. The number of nitrogens with zero attached hydrogens (tertiary/aromatic N) is 1. The molecule has 3 heteroatoms. The summed E-state index contributed by atoms with van der Waals surface area (Å²) in [5, 5.41) is 6.46. The van der Waals surface area contributed by atoms with E-state index in [-0.39, 0.29) is 0 Å². The van der Waals surface area contributed by atoms with E-state index in [9.17, 15) is 0 Å². The topological polar surface area (TPSA) is 3.24 Å². The van der Waals surface area contributed by atoms with E-state index in [0.717, 1.165) is 11.4 Å². The average Bonchev–Trinajstić information content (AvgIpc) is 3.18. The van der Waals surface area contributed by atoms with Gasteiger partial charge in [0.2, 0.25) is 0 Å². The van der Waals surface area contributed by atoms with E-state index in [1.54, 1.807) is 11.8 Å². The Labute approximate surface area is 204 Å². The summed E-state index contributed by atoms with van der Waals surface area (Å²) in [6.45, 7) is 11.9. The van der Waals surface area contributed by atoms with Gasteiger partial charge in [-0.05, 0) is 71.7 Å². The first-order chi connectivity index (χ1) is 16.0. The van der Waals surface area contributed by atoms with Gasteiger partial charge in [0, 0.05) is 21.2 Å². The molecule has 4 aromatic carbocycles. The molecule has 1 aliphatic rings. The van der Waals surface area contributed by atoms with E-state index in [4.69, 9.17) is 0 Å². The first-order valence-electron chi connectivity index (χ1n) is 11.3. The van der Waals surface area contributed by atoms with Crippen LogP contribution in [-0.2, 0) is 0 Å². The second-order valence-electron chi connectivity index (χ2n) is 8.35. The van der Waals surface area contributed by atoms with Gasteiger partial charge < -0.3 is 4.90 Å². The van der Waals surface area contributed by atoms with Gasteiger partial charge in [0.25, 0.3) is 0 Å². The Morgan fingerprint density at radius 1 is 0.939 bits per heavy atom. The monoisotopic (exact) mass is 465 g/mol. The van der Waals surface area contributed by atoms with Gasteiger partial charge in [-0.3, -0.25) is 0 Å². The number of anilines is 1. The zero-order chi connectivity index (χ0) is 22.9. The van der Waals surface area contributed by atoms with Crippen molar-refractivity contribution in [1.29, 1.82) is 0 Å². The van der Waals surface area contributed by atoms with Crippen LogP contribution < -0.4 is 4.90 Å². The summed E-state index contributed by atoms with van der Waals surface area (Å²) in [6.07, 6.45) is 4.50. The number of allylic oxidation sites excluding steroid dienone is 3. The molecule has 33 heavy (non-hydrogen) atoms. The first kappa shape index (κ1) is 21.9. The molecule has 0 N–H and O–H groups in total. The predicted molar refractivity (Wildman–Crippen MR) is 148 cm³/mol. The number of fused-ring (bicyclic) bond motifs is 4. The van der Waals surface area contributed by atoms with Crippen molar-refractivity contribution in [2.75, 3.05) is 11.4 Å². The molecule has 0 fully saturated rings. The number of benzene rings is 4. The van der Waals surface area contributed by atoms with Crippen molar-refractivity contribution in [3.8, 4) is 0 Å². The molecule has 0 bridgehead atoms. The van der Waals surface area contributed by atoms with Gasteiger partial charge in [0.1, 0.15) is 0 Å². The molecule has 4 aromatic rings. The lowest BCUT2D eigenvalue weighted by atomic mass is 10.1. The van der Waals surface area contributed by atoms with Gasteiger partial charge in [-0.25, -0.2) is 0 Å². The van der Waals surface area contributed by atoms with Gasteiger partial charge in [-0.1, -0.05) is 96.8 Å². The summed E-state index contributed by atoms with van der Waals surface area (Å²) >= 11 is 3.63. The van der Waals surface area contributed by atoms with Gasteiger partial charge in [-0.2, -0.15) is 0 Å². The fraction of sp³-hybridized carbons (Fsp3) is 0.133. The van der Waals surface area contributed by atoms with Crippen LogP contribution in [0.15, 0.2) is 117 Å². The zero-order valence-corrected chi connectivity index (χ0v) is 20.9. The van der Waals surface area contributed by atoms with Crippen LogP contribution in [-0.4, -0.2) is 6.54 Å². The van der Waals surface area contributed by atoms with Crippen LogP contribution in [0, 0.1) is 6.92 Å². The van der Waals surface area contributed by atoms with E-state index in [1.807, 2.05) is 11.8 Å². The fourth-order valence-electron chi connectivity index (χ4n) is 4.40. The standard InChI is InChI=1S/C30H27NS2/c1-5-31-27-17-16-24-11-7-9-13-26(24)30(27)33-28(31)19-20(2)18-22(4)32-29-21(3)14-15-23-10-6-8-12-25(23)29/h6-19H,4-5H2,1-3H3/b20-18+,28-19+. The van der Waals surface area contributed by atoms with E-state index < -0.39 is 0 Å². The van der Waals surface area contributed by atoms with Crippen molar-refractivity contribution >= 4 is 50.8 Å². The number of hydrogen-bond acceptors (Lipinski definition) is 3. The molecule has 0 aliphatic carbocycles. The molecule has 164 valence electrons. The lowest BCUT2D eigenvalue weighted by Crippen LogP contribution is -2.16. The molecule has 1 aliphatic heterocycles. The molecular weight excluding hydrogens is 438 g/mol. The Kier molecular flexibility index (Phi) is 6.09. The van der Waals surface area contributed by atoms with Gasteiger partial charge in [0.15, 0.2) is 0 Å². The highest BCUT2D eigenvalue weighted by Crippen LogP contribution is 2.49. The minimum absolute atomic E-state index is 0.947. The predicted octanol–water partition coefficient (Wildman–Crippen LogP) is 9.33. The van der Waals surface area contributed by atoms with Crippen molar-refractivity contribution in [3.05, 3.63) is 113 Å². The zero-order valence-electron chi connectivity index (χ0n) is 19.3. The summed E-state index contributed by atoms with van der Waals surface area (Å²) in [4.78, 5) is 6.11. The molecule has 0 amide bonds. The molecule has 0 radical (unpaired) electrons. The van der Waals surface area contributed by atoms with Gasteiger partial charge in [-0.15, -0.1) is 0 Å². The molecular formula is C30H27NS2. The van der Waals surface area contributed by atoms with Crippen LogP contribution in [0.4, 0.5) is 5.69 Å². The van der Waals surface area contributed by atoms with Crippen LogP contribution in [0.1, 0.15) is 19.4 Å². The summed E-state index contributed by atoms with van der Waals surface area (Å²) in [5.74, 6) is 0. The maximum absolute atomic E-state index is 4.37. The van der Waals surface area contributed by atoms with Gasteiger partial charge in [0.05, 0.1) is 10.7 Å². The summed E-state index contributed by atoms with van der Waals surface area (Å²) < 4.78 is 0. The highest BCUT2D eigenvalue weighted by molar-refractivity contribution is 8.04. The van der Waals surface area contributed by atoms with E-state index in [1.165, 1.54) is 53.2 Å². The van der Waals surface area contributed by atoms with E-state index >= 15 is 0 Å². The minimum Gasteiger partial charge on any atom is -0.335 e. The Bertz CT molecular complexity index is 1440. The maximum atomic E-state index is 4.37. The number of rotatable bonds is 5. The van der Waals surface area contributed by atoms with Crippen molar-refractivity contribution in [2.24, 2.45) is 0 Å². The van der Waals surface area contributed by atoms with Crippen LogP contribution in [0.25, 0.3) is 21.5 Å². The first-order valence-corrected chi connectivity index (χ1v) is 12.9. The Hall–Kier alpha value is -2.88. The highest BCUT2D eigenvalue weighted by Gasteiger charge is 2.25. The van der Waals surface area contributed by atoms with Crippen LogP contribution in [0.2, 0.25) is 0 Å². The number of hydrogen-bond donors (Lipinski definition) is 0. The Morgan fingerprint density at radius 2 is 1.61 bits per heavy atom. The molecule has 0 spiro atoms. The lowest BCUT2D eigenvalue weighted by molar-refractivity contribution is 1.00. The third-order valence-electron chi connectivity index (χ3n) is 5.99. The maximum Gasteiger partial charge on any atom is 0.0804 e. The smallest absolute Gasteiger partial charge is 0.0804 e. The quantitative estimate of drug-likeness (QED) is 0.213. The number of thioether (sulfide) groups is 2. The molecule has 1 nitrogen and oxygen atoms in total. The molecule has 0 saturated heterocycles. The third-order valence-corrected chi connectivity index (χ3v) is 8.29. The van der Waals surface area contributed by atoms with Crippen molar-refractivity contribution in [1.82, 2.24) is 0 Å². The molecule has 0 atom stereocenters. The van der Waals surface area contributed by atoms with Crippen molar-refractivity contribution < 1.29 is 0 Å². The normalized spacial score (nSPS) is 14.9. The minimum atomic E-state index is 0.947. The van der Waals surface area contributed by atoms with Crippen LogP contribution in [0.3, 0.4) is 0 Å². The summed E-state index contributed by atoms with van der Waals surface area (Å²) in [6, 6.07) is 26.1. The fourth-order valence-corrected chi connectivity index (χ4v) is 6.80. The molecule has 1 heterocycles. The van der Waals surface area contributed by atoms with E-state index in [0.29, 0.717) is 0 Å². The molecule has 5 rings (SSSR count). The third kappa shape index (κ3) is 4.23. The second-order valence-corrected chi connectivity index (χ2v) is 10.5. The van der Waals surface area contributed by atoms with E-state index in [2.05, 4.69) is 117 Å².